The Kier molecular flexibility index (Phi) is 8.74. The number of halogens is 1. The molecule has 0 saturated carbocycles. The number of carbonyl (C=O) groups is 1. The number of esters is 1. The second kappa shape index (κ2) is 12.2. The van der Waals surface area contributed by atoms with E-state index in [4.69, 9.17) is 16.3 Å². The first-order valence-corrected chi connectivity index (χ1v) is 14.2. The van der Waals surface area contributed by atoms with E-state index < -0.39 is 26.6 Å². The van der Waals surface area contributed by atoms with E-state index in [0.29, 0.717) is 17.2 Å². The number of nitrogens with one attached hydrogen (secondary N) is 2. The Morgan fingerprint density at radius 1 is 1.10 bits per heavy atom. The number of hydrazone groups is 1. The average molecular weight is 596 g/mol. The largest absolute Gasteiger partial charge is 0.462 e. The van der Waals surface area contributed by atoms with Gasteiger partial charge in [0.1, 0.15) is 5.69 Å². The lowest BCUT2D eigenvalue weighted by atomic mass is 10.2. The number of nitro benzene ring substituents is 1. The van der Waals surface area contributed by atoms with Gasteiger partial charge in [-0.2, -0.15) is 5.10 Å². The molecule has 0 atom stereocenters. The summed E-state index contributed by atoms with van der Waals surface area (Å²) in [4.78, 5) is 22.7. The molecule has 1 heterocycles. The van der Waals surface area contributed by atoms with Crippen molar-refractivity contribution in [1.29, 1.82) is 0 Å². The molecule has 0 saturated heterocycles. The van der Waals surface area contributed by atoms with E-state index in [-0.39, 0.29) is 16.3 Å². The van der Waals surface area contributed by atoms with Gasteiger partial charge in [-0.25, -0.2) is 13.2 Å². The van der Waals surface area contributed by atoms with Crippen LogP contribution in [0.25, 0.3) is 5.69 Å². The van der Waals surface area contributed by atoms with E-state index in [1.54, 1.807) is 31.2 Å². The molecule has 0 unspecified atom stereocenters. The lowest BCUT2D eigenvalue weighted by molar-refractivity contribution is -0.384. The minimum atomic E-state index is -4.12. The predicted octanol–water partition coefficient (Wildman–Crippen LogP) is 6.08. The number of nitro groups is 1. The molecule has 11 nitrogen and oxygen atoms in total. The Balaban J connectivity index is 1.54. The van der Waals surface area contributed by atoms with Crippen molar-refractivity contribution in [2.24, 2.45) is 5.10 Å². The normalized spacial score (nSPS) is 11.4. The van der Waals surface area contributed by atoms with Gasteiger partial charge in [0, 0.05) is 33.7 Å². The summed E-state index contributed by atoms with van der Waals surface area (Å²) in [5.74, 6) is -0.393. The fourth-order valence-corrected chi connectivity index (χ4v) is 5.40. The number of ether oxygens (including phenoxy) is 1. The minimum Gasteiger partial charge on any atom is -0.462 e. The molecule has 41 heavy (non-hydrogen) atoms. The van der Waals surface area contributed by atoms with Crippen LogP contribution in [0.15, 0.2) is 82.8 Å². The molecule has 0 radical (unpaired) electrons. The van der Waals surface area contributed by atoms with Gasteiger partial charge in [-0.15, -0.1) is 0 Å². The van der Waals surface area contributed by atoms with Gasteiger partial charge in [0.2, 0.25) is 0 Å². The van der Waals surface area contributed by atoms with Crippen LogP contribution in [-0.2, 0) is 14.8 Å². The Bertz CT molecular complexity index is 1750. The minimum absolute atomic E-state index is 0.0105. The zero-order chi connectivity index (χ0) is 29.7. The summed E-state index contributed by atoms with van der Waals surface area (Å²) in [5.41, 5.74) is 6.18. The van der Waals surface area contributed by atoms with Crippen LogP contribution in [0.1, 0.15) is 34.2 Å². The predicted molar refractivity (Wildman–Crippen MR) is 158 cm³/mol. The summed E-state index contributed by atoms with van der Waals surface area (Å²) in [6, 6.07) is 18.5. The molecule has 13 heteroatoms. The molecule has 212 valence electrons. The summed E-state index contributed by atoms with van der Waals surface area (Å²) in [7, 11) is -4.12. The van der Waals surface area contributed by atoms with Gasteiger partial charge in [0.05, 0.1) is 33.9 Å². The lowest BCUT2D eigenvalue weighted by Gasteiger charge is -2.10. The Morgan fingerprint density at radius 2 is 1.83 bits per heavy atom. The topological polar surface area (TPSA) is 145 Å². The van der Waals surface area contributed by atoms with Crippen molar-refractivity contribution in [3.8, 4) is 5.69 Å². The van der Waals surface area contributed by atoms with Gasteiger partial charge in [-0.05, 0) is 81.4 Å². The van der Waals surface area contributed by atoms with Crippen LogP contribution in [0.5, 0.6) is 0 Å². The first-order valence-electron chi connectivity index (χ1n) is 12.3. The van der Waals surface area contributed by atoms with Crippen molar-refractivity contribution in [3.63, 3.8) is 0 Å². The van der Waals surface area contributed by atoms with Gasteiger partial charge in [0.25, 0.3) is 15.7 Å². The van der Waals surface area contributed by atoms with E-state index in [0.717, 1.165) is 28.7 Å². The second-order valence-corrected chi connectivity index (χ2v) is 11.0. The second-order valence-electron chi connectivity index (χ2n) is 8.85. The molecule has 4 aromatic rings. The van der Waals surface area contributed by atoms with Gasteiger partial charge < -0.3 is 9.30 Å². The molecular weight excluding hydrogens is 570 g/mol. The van der Waals surface area contributed by atoms with Crippen molar-refractivity contribution in [2.45, 2.75) is 25.7 Å². The van der Waals surface area contributed by atoms with Gasteiger partial charge >= 0.3 is 5.97 Å². The van der Waals surface area contributed by atoms with Crippen LogP contribution >= 0.6 is 11.6 Å². The lowest BCUT2D eigenvalue weighted by Crippen LogP contribution is -2.13. The fourth-order valence-electron chi connectivity index (χ4n) is 4.14. The van der Waals surface area contributed by atoms with E-state index in [2.05, 4.69) is 15.2 Å². The molecule has 4 rings (SSSR count). The number of hydrogen-bond donors (Lipinski definition) is 2. The maximum atomic E-state index is 12.8. The van der Waals surface area contributed by atoms with Crippen LogP contribution in [-0.4, -0.2) is 36.7 Å². The number of aryl methyl sites for hydroxylation is 1. The molecule has 0 aliphatic carbocycles. The summed E-state index contributed by atoms with van der Waals surface area (Å²) < 4.78 is 35.0. The van der Waals surface area contributed by atoms with Crippen LogP contribution in [0.4, 0.5) is 17.1 Å². The van der Waals surface area contributed by atoms with Crippen molar-refractivity contribution < 1.29 is 22.9 Å². The zero-order valence-corrected chi connectivity index (χ0v) is 23.9. The molecule has 0 aliphatic heterocycles. The summed E-state index contributed by atoms with van der Waals surface area (Å²) in [6.07, 6.45) is 1.51. The molecule has 0 amide bonds. The highest BCUT2D eigenvalue weighted by Gasteiger charge is 2.22. The van der Waals surface area contributed by atoms with Crippen LogP contribution in [0.3, 0.4) is 0 Å². The molecule has 0 fully saturated rings. The number of hydrogen-bond acceptors (Lipinski definition) is 8. The maximum absolute atomic E-state index is 12.8. The van der Waals surface area contributed by atoms with Crippen molar-refractivity contribution in [3.05, 3.63) is 110 Å². The number of rotatable bonds is 10. The summed E-state index contributed by atoms with van der Waals surface area (Å²) >= 11 is 5.91. The van der Waals surface area contributed by atoms with Crippen molar-refractivity contribution in [2.75, 3.05) is 16.8 Å². The van der Waals surface area contributed by atoms with Gasteiger partial charge in [-0.1, -0.05) is 17.7 Å². The zero-order valence-electron chi connectivity index (χ0n) is 22.3. The third-order valence-electron chi connectivity index (χ3n) is 6.05. The first-order chi connectivity index (χ1) is 19.5. The number of aromatic nitrogens is 1. The Labute approximate surface area is 241 Å². The molecular formula is C28H26ClN5O6S. The number of benzene rings is 3. The highest BCUT2D eigenvalue weighted by molar-refractivity contribution is 7.92. The van der Waals surface area contributed by atoms with Crippen molar-refractivity contribution in [1.82, 2.24) is 4.57 Å². The fraction of sp³-hybridized carbons (Fsp3) is 0.143. The van der Waals surface area contributed by atoms with Crippen molar-refractivity contribution >= 4 is 50.9 Å². The quantitative estimate of drug-likeness (QED) is 0.0978. The standard InChI is InChI=1S/C28H26ClN5O6S/c1-4-40-28(35)20-8-10-24(11-9-20)33-18(2)14-21(19(33)3)17-30-31-26-13-12-25(16-27(26)34(36)37)41(38,39)32-23-7-5-6-22(29)15-23/h5-17,31-32H,4H2,1-3H3/b30-17-. The van der Waals surface area contributed by atoms with Crippen LogP contribution in [0.2, 0.25) is 5.02 Å². The average Bonchev–Trinajstić information content (AvgIpc) is 3.21. The highest BCUT2D eigenvalue weighted by Crippen LogP contribution is 2.29. The summed E-state index contributed by atoms with van der Waals surface area (Å²) in [5, 5.41) is 16.2. The summed E-state index contributed by atoms with van der Waals surface area (Å²) in [6.45, 7) is 5.85. The highest BCUT2D eigenvalue weighted by atomic mass is 35.5. The van der Waals surface area contributed by atoms with Crippen LogP contribution < -0.4 is 10.1 Å². The number of anilines is 2. The number of carbonyl (C=O) groups excluding carboxylic acids is 1. The van der Waals surface area contributed by atoms with E-state index in [1.165, 1.54) is 30.5 Å². The molecule has 1 aromatic heterocycles. The number of sulfonamides is 1. The molecule has 3 aromatic carbocycles. The monoisotopic (exact) mass is 595 g/mol. The smallest absolute Gasteiger partial charge is 0.338 e. The molecule has 0 aliphatic rings. The molecule has 2 N–H and O–H groups in total. The van der Waals surface area contributed by atoms with Gasteiger partial charge in [0.15, 0.2) is 0 Å². The number of nitrogens with zero attached hydrogens (tertiary/aromatic N) is 3. The first kappa shape index (κ1) is 29.3. The Morgan fingerprint density at radius 3 is 2.49 bits per heavy atom. The van der Waals surface area contributed by atoms with E-state index >= 15 is 0 Å². The van der Waals surface area contributed by atoms with Crippen LogP contribution in [0, 0.1) is 24.0 Å². The SMILES string of the molecule is CCOC(=O)c1ccc(-n2c(C)cc(/C=N\Nc3ccc(S(=O)(=O)Nc4cccc(Cl)c4)cc3[N+](=O)[O-])c2C)cc1. The van der Waals surface area contributed by atoms with E-state index in [1.807, 2.05) is 36.6 Å². The maximum Gasteiger partial charge on any atom is 0.338 e. The third kappa shape index (κ3) is 6.73. The van der Waals surface area contributed by atoms with E-state index in [9.17, 15) is 23.3 Å². The van der Waals surface area contributed by atoms with Gasteiger partial charge in [-0.3, -0.25) is 20.3 Å². The molecule has 0 spiro atoms. The molecule has 0 bridgehead atoms. The third-order valence-corrected chi connectivity index (χ3v) is 7.66. The Hall–Kier alpha value is -4.68.